The van der Waals surface area contributed by atoms with Gasteiger partial charge in [-0.15, -0.1) is 5.10 Å². The second-order valence-electron chi connectivity index (χ2n) is 10.3. The van der Waals surface area contributed by atoms with Crippen LogP contribution in [0.5, 0.6) is 0 Å². The molecular formula is C25H29F3N6O3. The zero-order valence-electron chi connectivity index (χ0n) is 21.0. The SMILES string of the molecule is COC(=O)C1CCC(O)(Cn2cc(-c3cc(C)cc(Nc4nccc(C(F)(F)F)n4)c3)nn2)CC1(C)C. The number of carbonyl (C=O) groups excluding carboxylic acids is 1. The Hall–Kier alpha value is -3.54. The average Bonchev–Trinajstić information content (AvgIpc) is 3.25. The second kappa shape index (κ2) is 9.73. The van der Waals surface area contributed by atoms with E-state index in [9.17, 15) is 23.1 Å². The highest BCUT2D eigenvalue weighted by Gasteiger charge is 2.48. The first-order valence-corrected chi connectivity index (χ1v) is 11.8. The minimum Gasteiger partial charge on any atom is -0.469 e. The van der Waals surface area contributed by atoms with Gasteiger partial charge in [0.05, 0.1) is 31.4 Å². The summed E-state index contributed by atoms with van der Waals surface area (Å²) in [6, 6.07) is 6.14. The molecule has 2 N–H and O–H groups in total. The zero-order valence-corrected chi connectivity index (χ0v) is 21.0. The van der Waals surface area contributed by atoms with Crippen LogP contribution in [0.4, 0.5) is 24.8 Å². The summed E-state index contributed by atoms with van der Waals surface area (Å²) in [4.78, 5) is 19.6. The van der Waals surface area contributed by atoms with Gasteiger partial charge in [0.1, 0.15) is 11.4 Å². The lowest BCUT2D eigenvalue weighted by atomic mass is 9.63. The molecule has 12 heteroatoms. The predicted molar refractivity (Wildman–Crippen MR) is 129 cm³/mol. The molecule has 2 atom stereocenters. The number of esters is 1. The molecule has 2 heterocycles. The lowest BCUT2D eigenvalue weighted by Gasteiger charge is -2.45. The number of nitrogens with zero attached hydrogens (tertiary/aromatic N) is 5. The highest BCUT2D eigenvalue weighted by atomic mass is 19.4. The normalized spacial score (nSPS) is 21.5. The summed E-state index contributed by atoms with van der Waals surface area (Å²) in [6.07, 6.45) is -0.511. The quantitative estimate of drug-likeness (QED) is 0.457. The maximum Gasteiger partial charge on any atom is 0.433 e. The van der Waals surface area contributed by atoms with Gasteiger partial charge in [0, 0.05) is 17.4 Å². The Morgan fingerprint density at radius 3 is 2.73 bits per heavy atom. The number of methoxy groups -OCH3 is 1. The maximum atomic E-state index is 13.0. The zero-order chi connectivity index (χ0) is 27.0. The molecule has 0 aliphatic heterocycles. The van der Waals surface area contributed by atoms with Crippen LogP contribution in [0.1, 0.15) is 44.4 Å². The van der Waals surface area contributed by atoms with Gasteiger partial charge >= 0.3 is 12.1 Å². The number of hydrogen-bond acceptors (Lipinski definition) is 8. The Balaban J connectivity index is 1.51. The highest BCUT2D eigenvalue weighted by molar-refractivity contribution is 5.73. The van der Waals surface area contributed by atoms with Crippen molar-refractivity contribution in [2.45, 2.75) is 58.4 Å². The Bertz CT molecular complexity index is 1290. The van der Waals surface area contributed by atoms with E-state index in [1.165, 1.54) is 7.11 Å². The molecule has 4 rings (SSSR count). The molecule has 0 bridgehead atoms. The molecule has 9 nitrogen and oxygen atoms in total. The molecule has 2 unspecified atom stereocenters. The monoisotopic (exact) mass is 518 g/mol. The van der Waals surface area contributed by atoms with Crippen LogP contribution in [0.15, 0.2) is 36.7 Å². The number of benzene rings is 1. The van der Waals surface area contributed by atoms with E-state index >= 15 is 0 Å². The van der Waals surface area contributed by atoms with E-state index in [-0.39, 0.29) is 24.4 Å². The van der Waals surface area contributed by atoms with Crippen molar-refractivity contribution in [3.05, 3.63) is 47.9 Å². The van der Waals surface area contributed by atoms with Crippen LogP contribution in [-0.2, 0) is 22.3 Å². The Morgan fingerprint density at radius 2 is 2.05 bits per heavy atom. The highest BCUT2D eigenvalue weighted by Crippen LogP contribution is 2.46. The number of rotatable bonds is 6. The first-order valence-electron chi connectivity index (χ1n) is 11.8. The van der Waals surface area contributed by atoms with Crippen LogP contribution in [-0.4, -0.2) is 48.7 Å². The first kappa shape index (κ1) is 26.5. The first-order chi connectivity index (χ1) is 17.3. The predicted octanol–water partition coefficient (Wildman–Crippen LogP) is 4.54. The minimum atomic E-state index is -4.58. The lowest BCUT2D eigenvalue weighted by molar-refractivity contribution is -0.158. The standard InChI is InChI=1S/C25H29F3N6O3/c1-15-9-16(11-17(10-15)30-22-29-8-6-20(31-22)25(26,27)28)19-12-34(33-32-19)14-24(36)7-5-18(21(35)37-4)23(2,3)13-24/h6,8-12,18,36H,5,7,13-14H2,1-4H3,(H,29,30,31). The largest absolute Gasteiger partial charge is 0.469 e. The maximum absolute atomic E-state index is 13.0. The molecule has 198 valence electrons. The van der Waals surface area contributed by atoms with Gasteiger partial charge in [0.25, 0.3) is 0 Å². The Kier molecular flexibility index (Phi) is 6.97. The number of ether oxygens (including phenoxy) is 1. The van der Waals surface area contributed by atoms with E-state index in [1.54, 1.807) is 23.0 Å². The van der Waals surface area contributed by atoms with Gasteiger partial charge in [-0.3, -0.25) is 4.79 Å². The van der Waals surface area contributed by atoms with Crippen molar-refractivity contribution in [2.24, 2.45) is 11.3 Å². The number of aromatic nitrogens is 5. The molecule has 0 amide bonds. The van der Waals surface area contributed by atoms with Gasteiger partial charge < -0.3 is 15.2 Å². The van der Waals surface area contributed by atoms with Gasteiger partial charge in [-0.1, -0.05) is 19.1 Å². The van der Waals surface area contributed by atoms with Crippen LogP contribution in [0.25, 0.3) is 11.3 Å². The van der Waals surface area contributed by atoms with Crippen molar-refractivity contribution >= 4 is 17.6 Å². The molecule has 1 saturated carbocycles. The smallest absolute Gasteiger partial charge is 0.433 e. The second-order valence-corrected chi connectivity index (χ2v) is 10.3. The molecule has 1 fully saturated rings. The number of aliphatic hydroxyl groups is 1. The van der Waals surface area contributed by atoms with Crippen LogP contribution in [0, 0.1) is 18.3 Å². The Labute approximate surface area is 212 Å². The van der Waals surface area contributed by atoms with E-state index in [0.29, 0.717) is 36.2 Å². The van der Waals surface area contributed by atoms with E-state index in [2.05, 4.69) is 25.6 Å². The van der Waals surface area contributed by atoms with Gasteiger partial charge in [0.15, 0.2) is 0 Å². The third-order valence-corrected chi connectivity index (χ3v) is 6.68. The van der Waals surface area contributed by atoms with Crippen molar-refractivity contribution in [3.63, 3.8) is 0 Å². The third kappa shape index (κ3) is 6.07. The average molecular weight is 519 g/mol. The summed E-state index contributed by atoms with van der Waals surface area (Å²) >= 11 is 0. The number of halogens is 3. The summed E-state index contributed by atoms with van der Waals surface area (Å²) in [6.45, 7) is 5.94. The molecule has 3 aromatic rings. The van der Waals surface area contributed by atoms with Crippen molar-refractivity contribution < 1.29 is 27.8 Å². The number of alkyl halides is 3. The third-order valence-electron chi connectivity index (χ3n) is 6.68. The van der Waals surface area contributed by atoms with Crippen LogP contribution in [0.3, 0.4) is 0 Å². The number of hydrogen-bond donors (Lipinski definition) is 2. The number of aryl methyl sites for hydroxylation is 1. The van der Waals surface area contributed by atoms with Crippen molar-refractivity contribution in [1.82, 2.24) is 25.0 Å². The summed E-state index contributed by atoms with van der Waals surface area (Å²) in [5, 5.41) is 22.5. The fourth-order valence-corrected chi connectivity index (χ4v) is 5.10. The minimum absolute atomic E-state index is 0.178. The van der Waals surface area contributed by atoms with Gasteiger partial charge in [-0.2, -0.15) is 13.2 Å². The number of nitrogens with one attached hydrogen (secondary N) is 1. The summed E-state index contributed by atoms with van der Waals surface area (Å²) in [7, 11) is 1.37. The van der Waals surface area contributed by atoms with Crippen LogP contribution >= 0.6 is 0 Å². The van der Waals surface area contributed by atoms with Gasteiger partial charge in [-0.05, 0) is 61.4 Å². The van der Waals surface area contributed by atoms with Gasteiger partial charge in [-0.25, -0.2) is 14.6 Å². The Morgan fingerprint density at radius 1 is 1.30 bits per heavy atom. The fourth-order valence-electron chi connectivity index (χ4n) is 5.10. The van der Waals surface area contributed by atoms with Gasteiger partial charge in [0.2, 0.25) is 5.95 Å². The summed E-state index contributed by atoms with van der Waals surface area (Å²) in [5.74, 6) is -0.736. The lowest BCUT2D eigenvalue weighted by Crippen LogP contribution is -2.48. The molecule has 0 spiro atoms. The molecule has 1 aliphatic carbocycles. The summed E-state index contributed by atoms with van der Waals surface area (Å²) < 4.78 is 45.5. The van der Waals surface area contributed by atoms with E-state index in [1.807, 2.05) is 26.8 Å². The molecule has 0 radical (unpaired) electrons. The number of carbonyl (C=O) groups is 1. The molecule has 1 aromatic carbocycles. The van der Waals surface area contributed by atoms with E-state index in [4.69, 9.17) is 4.74 Å². The fraction of sp³-hybridized carbons (Fsp3) is 0.480. The molecule has 0 saturated heterocycles. The van der Waals surface area contributed by atoms with Crippen LogP contribution < -0.4 is 5.32 Å². The molecular weight excluding hydrogens is 489 g/mol. The molecule has 1 aliphatic rings. The van der Waals surface area contributed by atoms with Crippen molar-refractivity contribution in [2.75, 3.05) is 12.4 Å². The van der Waals surface area contributed by atoms with Crippen LogP contribution in [0.2, 0.25) is 0 Å². The molecule has 37 heavy (non-hydrogen) atoms. The number of anilines is 2. The molecule has 2 aromatic heterocycles. The van der Waals surface area contributed by atoms with Crippen molar-refractivity contribution in [3.8, 4) is 11.3 Å². The van der Waals surface area contributed by atoms with Crippen molar-refractivity contribution in [1.29, 1.82) is 0 Å². The van der Waals surface area contributed by atoms with E-state index in [0.717, 1.165) is 17.8 Å². The summed E-state index contributed by atoms with van der Waals surface area (Å²) in [5.41, 5.74) is -0.0214. The topological polar surface area (TPSA) is 115 Å². The van der Waals surface area contributed by atoms with E-state index < -0.39 is 22.9 Å².